The van der Waals surface area contributed by atoms with Crippen LogP contribution in [-0.4, -0.2) is 34.7 Å². The number of amidine groups is 1. The molecule has 0 atom stereocenters. The fourth-order valence-electron chi connectivity index (χ4n) is 3.85. The molecule has 3 N–H and O–H groups in total. The summed E-state index contributed by atoms with van der Waals surface area (Å²) in [7, 11) is 0. The Morgan fingerprint density at radius 2 is 1.66 bits per heavy atom. The molecule has 0 unspecified atom stereocenters. The highest BCUT2D eigenvalue weighted by Crippen LogP contribution is 2.29. The van der Waals surface area contributed by atoms with Gasteiger partial charge in [0.05, 0.1) is 5.56 Å². The van der Waals surface area contributed by atoms with E-state index in [1.165, 1.54) is 5.56 Å². The van der Waals surface area contributed by atoms with Crippen molar-refractivity contribution in [1.29, 1.82) is 5.41 Å². The lowest BCUT2D eigenvalue weighted by atomic mass is 9.88. The lowest BCUT2D eigenvalue weighted by molar-refractivity contribution is 0.0712. The third-order valence-corrected chi connectivity index (χ3v) is 5.56. The van der Waals surface area contributed by atoms with Gasteiger partial charge in [-0.15, -0.1) is 12.4 Å². The Morgan fingerprint density at radius 1 is 0.938 bits per heavy atom. The van der Waals surface area contributed by atoms with Crippen LogP contribution in [-0.2, 0) is 0 Å². The van der Waals surface area contributed by atoms with Crippen molar-refractivity contribution < 1.29 is 4.79 Å². The van der Waals surface area contributed by atoms with Crippen LogP contribution >= 0.6 is 12.4 Å². The molecule has 0 radical (unpaired) electrons. The lowest BCUT2D eigenvalue weighted by Crippen LogP contribution is -2.38. The minimum atomic E-state index is -0.00759. The average Bonchev–Trinajstić information content (AvgIpc) is 2.83. The van der Waals surface area contributed by atoms with E-state index in [1.807, 2.05) is 59.5 Å². The quantitative estimate of drug-likeness (QED) is 0.360. The van der Waals surface area contributed by atoms with E-state index in [-0.39, 0.29) is 24.1 Å². The summed E-state index contributed by atoms with van der Waals surface area (Å²) >= 11 is 0. The number of pyridine rings is 1. The zero-order chi connectivity index (χ0) is 21.6. The highest BCUT2D eigenvalue weighted by molar-refractivity contribution is 5.95. The Morgan fingerprint density at radius 3 is 2.38 bits per heavy atom. The largest absolute Gasteiger partial charge is 0.384 e. The Labute approximate surface area is 194 Å². The molecule has 2 heterocycles. The van der Waals surface area contributed by atoms with Gasteiger partial charge in [-0.25, -0.2) is 0 Å². The lowest BCUT2D eigenvalue weighted by Gasteiger charge is -2.32. The van der Waals surface area contributed by atoms with Crippen LogP contribution in [0.4, 0.5) is 0 Å². The Balaban J connectivity index is 0.00000289. The second-order valence-electron chi connectivity index (χ2n) is 7.68. The summed E-state index contributed by atoms with van der Waals surface area (Å²) < 4.78 is 0. The summed E-state index contributed by atoms with van der Waals surface area (Å²) in [6, 6.07) is 19.4. The molecule has 0 bridgehead atoms. The molecule has 1 aliphatic rings. The van der Waals surface area contributed by atoms with Gasteiger partial charge in [0.15, 0.2) is 0 Å². The van der Waals surface area contributed by atoms with Crippen molar-refractivity contribution in [2.24, 2.45) is 5.73 Å². The van der Waals surface area contributed by atoms with E-state index in [1.54, 1.807) is 12.4 Å². The molecule has 4 rings (SSSR count). The van der Waals surface area contributed by atoms with Crippen LogP contribution < -0.4 is 5.73 Å². The number of nitrogens with two attached hydrogens (primary N) is 1. The zero-order valence-electron chi connectivity index (χ0n) is 17.6. The van der Waals surface area contributed by atoms with Gasteiger partial charge in [0, 0.05) is 42.2 Å². The van der Waals surface area contributed by atoms with Gasteiger partial charge >= 0.3 is 0 Å². The highest BCUT2D eigenvalue weighted by Gasteiger charge is 2.25. The molecule has 1 fully saturated rings. The molecule has 3 aromatic rings. The second-order valence-corrected chi connectivity index (χ2v) is 7.68. The van der Waals surface area contributed by atoms with Crippen molar-refractivity contribution in [3.05, 3.63) is 101 Å². The number of carbonyl (C=O) groups is 1. The van der Waals surface area contributed by atoms with Gasteiger partial charge in [-0.1, -0.05) is 48.2 Å². The molecule has 2 aromatic carbocycles. The maximum absolute atomic E-state index is 13.0. The number of rotatable bonds is 3. The number of aromatic nitrogens is 1. The number of hydrogen-bond donors (Lipinski definition) is 2. The minimum absolute atomic E-state index is 0. The van der Waals surface area contributed by atoms with Gasteiger partial charge in [0.2, 0.25) is 0 Å². The molecule has 1 amide bonds. The Bertz CT molecular complexity index is 1160. The van der Waals surface area contributed by atoms with Crippen LogP contribution in [0.2, 0.25) is 0 Å². The van der Waals surface area contributed by atoms with Gasteiger partial charge in [0.25, 0.3) is 5.91 Å². The number of amides is 1. The number of likely N-dealkylation sites (tertiary alicyclic amines) is 1. The van der Waals surface area contributed by atoms with Gasteiger partial charge in [-0.2, -0.15) is 0 Å². The standard InChI is InChI=1S/C26H24N4O.ClH/c27-25(28)23-8-4-7-22(16-23)21-11-13-30(14-12-21)26(31)24-15-20(17-29-18-24)10-9-19-5-2-1-3-6-19;/h1-8,15-18,21H,11-14H2,(H3,27,28);1H. The van der Waals surface area contributed by atoms with E-state index in [0.29, 0.717) is 24.6 Å². The molecule has 0 spiro atoms. The SMILES string of the molecule is Cl.N=C(N)c1cccc(C2CCN(C(=O)c3cncc(C#Cc4ccccc4)c3)CC2)c1. The van der Waals surface area contributed by atoms with Gasteiger partial charge in [-0.3, -0.25) is 15.2 Å². The molecule has 0 saturated carbocycles. The molecule has 1 saturated heterocycles. The number of carbonyl (C=O) groups excluding carboxylic acids is 1. The van der Waals surface area contributed by atoms with Crippen molar-refractivity contribution in [3.8, 4) is 11.8 Å². The van der Waals surface area contributed by atoms with E-state index in [0.717, 1.165) is 29.5 Å². The first kappa shape index (κ1) is 23.1. The first-order valence-corrected chi connectivity index (χ1v) is 10.4. The first-order valence-electron chi connectivity index (χ1n) is 10.4. The topological polar surface area (TPSA) is 83.1 Å². The monoisotopic (exact) mass is 444 g/mol. The smallest absolute Gasteiger partial charge is 0.255 e. The van der Waals surface area contributed by atoms with E-state index in [9.17, 15) is 4.79 Å². The normalized spacial score (nSPS) is 13.4. The molecule has 0 aliphatic carbocycles. The summed E-state index contributed by atoms with van der Waals surface area (Å²) in [5, 5.41) is 7.63. The number of hydrogen-bond acceptors (Lipinski definition) is 3. The van der Waals surface area contributed by atoms with Crippen LogP contribution in [0, 0.1) is 17.3 Å². The number of nitrogens with one attached hydrogen (secondary N) is 1. The second kappa shape index (κ2) is 10.6. The third-order valence-electron chi connectivity index (χ3n) is 5.56. The van der Waals surface area contributed by atoms with Crippen LogP contribution in [0.5, 0.6) is 0 Å². The molecule has 1 aromatic heterocycles. The summed E-state index contributed by atoms with van der Waals surface area (Å²) in [6.07, 6.45) is 5.06. The van der Waals surface area contributed by atoms with E-state index < -0.39 is 0 Å². The molecular weight excluding hydrogens is 420 g/mol. The van der Waals surface area contributed by atoms with Crippen molar-refractivity contribution in [2.75, 3.05) is 13.1 Å². The van der Waals surface area contributed by atoms with Crippen LogP contribution in [0.1, 0.15) is 51.4 Å². The zero-order valence-corrected chi connectivity index (χ0v) is 18.4. The number of nitrogens with zero attached hydrogens (tertiary/aromatic N) is 2. The fraction of sp³-hybridized carbons (Fsp3) is 0.192. The van der Waals surface area contributed by atoms with Crippen LogP contribution in [0.25, 0.3) is 0 Å². The van der Waals surface area contributed by atoms with Gasteiger partial charge < -0.3 is 10.6 Å². The molecule has 5 nitrogen and oxygen atoms in total. The summed E-state index contributed by atoms with van der Waals surface area (Å²) in [5.41, 5.74) is 9.77. The van der Waals surface area contributed by atoms with Gasteiger partial charge in [0.1, 0.15) is 5.84 Å². The Kier molecular flexibility index (Phi) is 7.64. The molecular formula is C26H25ClN4O. The number of nitrogen functional groups attached to an aromatic ring is 1. The molecule has 1 aliphatic heterocycles. The Hall–Kier alpha value is -3.62. The third kappa shape index (κ3) is 5.54. The van der Waals surface area contributed by atoms with Crippen LogP contribution in [0.3, 0.4) is 0 Å². The van der Waals surface area contributed by atoms with Crippen LogP contribution in [0.15, 0.2) is 73.1 Å². The van der Waals surface area contributed by atoms with Crippen molar-refractivity contribution in [3.63, 3.8) is 0 Å². The predicted octanol–water partition coefficient (Wildman–Crippen LogP) is 4.21. The molecule has 162 valence electrons. The van der Waals surface area contributed by atoms with E-state index >= 15 is 0 Å². The number of piperidine rings is 1. The maximum atomic E-state index is 13.0. The first-order chi connectivity index (χ1) is 15.1. The predicted molar refractivity (Wildman–Crippen MR) is 129 cm³/mol. The van der Waals surface area contributed by atoms with E-state index in [4.69, 9.17) is 11.1 Å². The minimum Gasteiger partial charge on any atom is -0.384 e. The molecule has 6 heteroatoms. The van der Waals surface area contributed by atoms with E-state index in [2.05, 4.69) is 22.9 Å². The molecule has 32 heavy (non-hydrogen) atoms. The number of halogens is 1. The average molecular weight is 445 g/mol. The highest BCUT2D eigenvalue weighted by atomic mass is 35.5. The number of benzene rings is 2. The van der Waals surface area contributed by atoms with Crippen molar-refractivity contribution >= 4 is 24.1 Å². The fourth-order valence-corrected chi connectivity index (χ4v) is 3.85. The van der Waals surface area contributed by atoms with Crippen molar-refractivity contribution in [1.82, 2.24) is 9.88 Å². The van der Waals surface area contributed by atoms with Gasteiger partial charge in [-0.05, 0) is 48.6 Å². The maximum Gasteiger partial charge on any atom is 0.255 e. The summed E-state index contributed by atoms with van der Waals surface area (Å²) in [6.45, 7) is 1.38. The summed E-state index contributed by atoms with van der Waals surface area (Å²) in [4.78, 5) is 19.1. The summed E-state index contributed by atoms with van der Waals surface area (Å²) in [5.74, 6) is 6.63. The van der Waals surface area contributed by atoms with Crippen molar-refractivity contribution in [2.45, 2.75) is 18.8 Å².